The van der Waals surface area contributed by atoms with Gasteiger partial charge in [0.05, 0.1) is 0 Å². The van der Waals surface area contributed by atoms with Gasteiger partial charge in [0, 0.05) is 30.9 Å². The molecule has 1 heterocycles. The molecule has 2 N–H and O–H groups in total. The van der Waals surface area contributed by atoms with Crippen molar-refractivity contribution in [2.45, 2.75) is 25.4 Å². The maximum absolute atomic E-state index is 12.3. The number of urea groups is 1. The Morgan fingerprint density at radius 2 is 2.19 bits per heavy atom. The molecule has 5 nitrogen and oxygen atoms in total. The number of hydrogen-bond acceptors (Lipinski definition) is 3. The number of nitrogens with zero attached hydrogens (tertiary/aromatic N) is 2. The molecular weight excluding hydrogens is 264 g/mol. The molecule has 2 amide bonds. The number of nitrogens with one attached hydrogen (secondary N) is 2. The van der Waals surface area contributed by atoms with E-state index in [-0.39, 0.29) is 12.1 Å². The molecule has 1 aromatic carbocycles. The summed E-state index contributed by atoms with van der Waals surface area (Å²) in [5, 5.41) is 6.21. The summed E-state index contributed by atoms with van der Waals surface area (Å²) in [5.41, 5.74) is 2.02. The van der Waals surface area contributed by atoms with E-state index in [0.717, 1.165) is 25.2 Å². The molecule has 0 saturated carbocycles. The highest BCUT2D eigenvalue weighted by Crippen LogP contribution is 2.19. The van der Waals surface area contributed by atoms with Gasteiger partial charge in [-0.25, -0.2) is 4.79 Å². The maximum Gasteiger partial charge on any atom is 0.321 e. The van der Waals surface area contributed by atoms with Crippen LogP contribution in [0.1, 0.15) is 24.9 Å². The zero-order chi connectivity index (χ0) is 15.4. The van der Waals surface area contributed by atoms with E-state index in [1.165, 1.54) is 5.56 Å². The fourth-order valence-corrected chi connectivity index (χ4v) is 2.60. The Hall–Kier alpha value is -1.59. The van der Waals surface area contributed by atoms with Gasteiger partial charge in [-0.05, 0) is 52.2 Å². The van der Waals surface area contributed by atoms with Gasteiger partial charge in [0.1, 0.15) is 0 Å². The summed E-state index contributed by atoms with van der Waals surface area (Å²) in [7, 11) is 6.06. The van der Waals surface area contributed by atoms with Crippen LogP contribution in [0.25, 0.3) is 0 Å². The fourth-order valence-electron chi connectivity index (χ4n) is 2.60. The smallest absolute Gasteiger partial charge is 0.321 e. The van der Waals surface area contributed by atoms with Gasteiger partial charge in [-0.3, -0.25) is 0 Å². The van der Waals surface area contributed by atoms with E-state index >= 15 is 0 Å². The second-order valence-corrected chi connectivity index (χ2v) is 5.92. The molecule has 1 saturated heterocycles. The van der Waals surface area contributed by atoms with Gasteiger partial charge in [0.2, 0.25) is 0 Å². The average molecular weight is 290 g/mol. The number of carbonyl (C=O) groups excluding carboxylic acids is 1. The minimum Gasteiger partial charge on any atom is -0.323 e. The quantitative estimate of drug-likeness (QED) is 0.893. The normalized spacial score (nSPS) is 19.9. The molecular formula is C16H26N4O. The van der Waals surface area contributed by atoms with Crippen molar-refractivity contribution < 1.29 is 4.79 Å². The molecule has 0 aromatic heterocycles. The predicted molar refractivity (Wildman–Crippen MR) is 86.6 cm³/mol. The lowest BCUT2D eigenvalue weighted by Crippen LogP contribution is -2.36. The lowest BCUT2D eigenvalue weighted by molar-refractivity contribution is 0.216. The number of likely N-dealkylation sites (N-methyl/N-ethyl adjacent to an activating group) is 1. The van der Waals surface area contributed by atoms with Gasteiger partial charge < -0.3 is 20.4 Å². The summed E-state index contributed by atoms with van der Waals surface area (Å²) in [5.74, 6) is 0. The molecule has 0 radical (unpaired) electrons. The van der Waals surface area contributed by atoms with E-state index < -0.39 is 0 Å². The van der Waals surface area contributed by atoms with E-state index in [4.69, 9.17) is 0 Å². The molecule has 1 aromatic rings. The van der Waals surface area contributed by atoms with Crippen molar-refractivity contribution in [2.75, 3.05) is 39.5 Å². The van der Waals surface area contributed by atoms with Gasteiger partial charge in [0.25, 0.3) is 0 Å². The number of amides is 2. The molecule has 2 atom stereocenters. The van der Waals surface area contributed by atoms with E-state index in [2.05, 4.69) is 42.6 Å². The molecule has 1 fully saturated rings. The van der Waals surface area contributed by atoms with Gasteiger partial charge in [0.15, 0.2) is 0 Å². The Balaban J connectivity index is 1.97. The van der Waals surface area contributed by atoms with E-state index in [0.29, 0.717) is 6.04 Å². The van der Waals surface area contributed by atoms with E-state index in [1.54, 1.807) is 0 Å². The van der Waals surface area contributed by atoms with Crippen molar-refractivity contribution in [3.05, 3.63) is 29.8 Å². The maximum atomic E-state index is 12.3. The van der Waals surface area contributed by atoms with Crippen LogP contribution in [-0.4, -0.2) is 56.1 Å². The first-order valence-electron chi connectivity index (χ1n) is 7.51. The summed E-state index contributed by atoms with van der Waals surface area (Å²) in [6.07, 6.45) is 1.04. The molecule has 116 valence electrons. The van der Waals surface area contributed by atoms with Crippen LogP contribution in [0.3, 0.4) is 0 Å². The lowest BCUT2D eigenvalue weighted by atomic mass is 10.1. The van der Waals surface area contributed by atoms with Crippen LogP contribution in [0.2, 0.25) is 0 Å². The van der Waals surface area contributed by atoms with Crippen molar-refractivity contribution >= 4 is 11.7 Å². The third-order valence-corrected chi connectivity index (χ3v) is 4.25. The summed E-state index contributed by atoms with van der Waals surface area (Å²) in [6, 6.07) is 8.73. The van der Waals surface area contributed by atoms with Crippen LogP contribution >= 0.6 is 0 Å². The number of likely N-dealkylation sites (tertiary alicyclic amines) is 1. The summed E-state index contributed by atoms with van der Waals surface area (Å²) in [6.45, 7) is 3.72. The summed E-state index contributed by atoms with van der Waals surface area (Å²) >= 11 is 0. The summed E-state index contributed by atoms with van der Waals surface area (Å²) in [4.78, 5) is 16.4. The highest BCUT2D eigenvalue weighted by atomic mass is 16.2. The van der Waals surface area contributed by atoms with Crippen LogP contribution < -0.4 is 10.6 Å². The molecule has 1 aliphatic rings. The molecule has 2 unspecified atom stereocenters. The van der Waals surface area contributed by atoms with E-state index in [9.17, 15) is 4.79 Å². The highest BCUT2D eigenvalue weighted by Gasteiger charge is 2.27. The second kappa shape index (κ2) is 6.91. The van der Waals surface area contributed by atoms with Crippen LogP contribution in [0, 0.1) is 0 Å². The zero-order valence-electron chi connectivity index (χ0n) is 13.4. The molecule has 2 rings (SSSR count). The van der Waals surface area contributed by atoms with Crippen molar-refractivity contribution in [1.29, 1.82) is 0 Å². The fraction of sp³-hybridized carbons (Fsp3) is 0.562. The molecule has 1 aliphatic heterocycles. The third-order valence-electron chi connectivity index (χ3n) is 4.25. The first kappa shape index (κ1) is 15.8. The van der Waals surface area contributed by atoms with Gasteiger partial charge >= 0.3 is 6.03 Å². The molecule has 5 heteroatoms. The standard InChI is InChI=1S/C16H26N4O/c1-12(17-2)13-6-5-7-14(10-13)18-16(21)20-9-8-15(11-20)19(3)4/h5-7,10,12,15,17H,8-9,11H2,1-4H3,(H,18,21). The minimum absolute atomic E-state index is 0.00592. The Kier molecular flexibility index (Phi) is 5.20. The molecule has 0 aliphatic carbocycles. The molecule has 21 heavy (non-hydrogen) atoms. The highest BCUT2D eigenvalue weighted by molar-refractivity contribution is 5.89. The largest absolute Gasteiger partial charge is 0.323 e. The van der Waals surface area contributed by atoms with E-state index in [1.807, 2.05) is 30.1 Å². The Labute approximate surface area is 127 Å². The van der Waals surface area contributed by atoms with Gasteiger partial charge in [-0.2, -0.15) is 0 Å². The molecule has 0 spiro atoms. The number of benzene rings is 1. The third kappa shape index (κ3) is 3.95. The lowest BCUT2D eigenvalue weighted by Gasteiger charge is -2.21. The van der Waals surface area contributed by atoms with Crippen molar-refractivity contribution in [3.63, 3.8) is 0 Å². The Morgan fingerprint density at radius 3 is 2.81 bits per heavy atom. The number of hydrogen-bond donors (Lipinski definition) is 2. The van der Waals surface area contributed by atoms with Crippen molar-refractivity contribution in [2.24, 2.45) is 0 Å². The monoisotopic (exact) mass is 290 g/mol. The Bertz CT molecular complexity index is 489. The average Bonchev–Trinajstić information content (AvgIpc) is 2.97. The molecule has 0 bridgehead atoms. The zero-order valence-corrected chi connectivity index (χ0v) is 13.4. The first-order valence-corrected chi connectivity index (χ1v) is 7.51. The van der Waals surface area contributed by atoms with Crippen molar-refractivity contribution in [1.82, 2.24) is 15.1 Å². The number of carbonyl (C=O) groups is 1. The van der Waals surface area contributed by atoms with Crippen LogP contribution in [0.15, 0.2) is 24.3 Å². The van der Waals surface area contributed by atoms with Crippen molar-refractivity contribution in [3.8, 4) is 0 Å². The topological polar surface area (TPSA) is 47.6 Å². The number of anilines is 1. The van der Waals surface area contributed by atoms with Gasteiger partial charge in [-0.15, -0.1) is 0 Å². The predicted octanol–water partition coefficient (Wildman–Crippen LogP) is 2.13. The SMILES string of the molecule is CNC(C)c1cccc(NC(=O)N2CCC(N(C)C)C2)c1. The minimum atomic E-state index is -0.00592. The first-order chi connectivity index (χ1) is 10.0. The second-order valence-electron chi connectivity index (χ2n) is 5.92. The van der Waals surface area contributed by atoms with Crippen LogP contribution in [0.5, 0.6) is 0 Å². The summed E-state index contributed by atoms with van der Waals surface area (Å²) < 4.78 is 0. The number of rotatable bonds is 4. The van der Waals surface area contributed by atoms with Crippen LogP contribution in [-0.2, 0) is 0 Å². The van der Waals surface area contributed by atoms with Crippen LogP contribution in [0.4, 0.5) is 10.5 Å². The van der Waals surface area contributed by atoms with Gasteiger partial charge in [-0.1, -0.05) is 12.1 Å². The Morgan fingerprint density at radius 1 is 1.43 bits per heavy atom.